The van der Waals surface area contributed by atoms with E-state index in [1.807, 2.05) is 31.3 Å². The quantitative estimate of drug-likeness (QED) is 0.426. The fraction of sp³-hybridized carbons (Fsp3) is 0.148. The van der Waals surface area contributed by atoms with Gasteiger partial charge in [-0.15, -0.1) is 0 Å². The van der Waals surface area contributed by atoms with Gasteiger partial charge < -0.3 is 5.32 Å². The van der Waals surface area contributed by atoms with E-state index in [0.29, 0.717) is 18.7 Å². The Hall–Kier alpha value is -3.79. The fourth-order valence-corrected chi connectivity index (χ4v) is 3.44. The molecule has 4 aromatic rings. The summed E-state index contributed by atoms with van der Waals surface area (Å²) in [4.78, 5) is 21.0. The van der Waals surface area contributed by atoms with Gasteiger partial charge in [0.25, 0.3) is 0 Å². The van der Waals surface area contributed by atoms with Crippen molar-refractivity contribution in [3.05, 3.63) is 102 Å². The number of rotatable bonds is 6. The Kier molecular flexibility index (Phi) is 6.18. The molecule has 0 radical (unpaired) electrons. The molecule has 154 valence electrons. The van der Waals surface area contributed by atoms with Crippen molar-refractivity contribution in [2.75, 3.05) is 5.32 Å². The van der Waals surface area contributed by atoms with E-state index in [9.17, 15) is 4.79 Å². The summed E-state index contributed by atoms with van der Waals surface area (Å²) in [5, 5.41) is 2.89. The van der Waals surface area contributed by atoms with E-state index in [1.54, 1.807) is 6.20 Å². The van der Waals surface area contributed by atoms with Crippen LogP contribution in [0.15, 0.2) is 85.2 Å². The monoisotopic (exact) mass is 407 g/mol. The number of aromatic nitrogens is 2. The fourth-order valence-electron chi connectivity index (χ4n) is 3.44. The first-order chi connectivity index (χ1) is 15.1. The minimum absolute atomic E-state index is 0.0376. The third-order valence-corrected chi connectivity index (χ3v) is 5.24. The van der Waals surface area contributed by atoms with Crippen LogP contribution in [-0.2, 0) is 11.2 Å². The molecule has 31 heavy (non-hydrogen) atoms. The van der Waals surface area contributed by atoms with Gasteiger partial charge in [0.1, 0.15) is 5.82 Å². The number of carbonyl (C=O) groups excluding carboxylic acids is 1. The molecule has 2 aromatic heterocycles. The predicted molar refractivity (Wildman–Crippen MR) is 126 cm³/mol. The smallest absolute Gasteiger partial charge is 0.225 e. The van der Waals surface area contributed by atoms with Gasteiger partial charge in [0.15, 0.2) is 0 Å². The molecule has 0 unspecified atom stereocenters. The van der Waals surface area contributed by atoms with Crippen LogP contribution in [0.25, 0.3) is 22.3 Å². The highest BCUT2D eigenvalue weighted by atomic mass is 16.1. The number of benzene rings is 2. The summed E-state index contributed by atoms with van der Waals surface area (Å²) < 4.78 is 0. The van der Waals surface area contributed by atoms with E-state index in [2.05, 4.69) is 76.8 Å². The SMILES string of the molecule is Cc1ccc(-c2ccc(NC(=O)CCc3ccc(-c4ccnc(C)c4)cc3)nc2)cc1. The molecule has 1 amide bonds. The lowest BCUT2D eigenvalue weighted by Crippen LogP contribution is -2.13. The lowest BCUT2D eigenvalue weighted by Gasteiger charge is -2.07. The molecule has 4 heteroatoms. The summed E-state index contributed by atoms with van der Waals surface area (Å²) in [5.74, 6) is 0.536. The van der Waals surface area contributed by atoms with Crippen molar-refractivity contribution in [1.29, 1.82) is 0 Å². The number of nitrogens with zero attached hydrogens (tertiary/aromatic N) is 2. The van der Waals surface area contributed by atoms with Crippen LogP contribution in [0.4, 0.5) is 5.82 Å². The summed E-state index contributed by atoms with van der Waals surface area (Å²) in [5.41, 5.74) is 7.80. The van der Waals surface area contributed by atoms with Gasteiger partial charge in [0.05, 0.1) is 0 Å². The molecule has 4 nitrogen and oxygen atoms in total. The molecule has 4 rings (SSSR count). The topological polar surface area (TPSA) is 54.9 Å². The van der Waals surface area contributed by atoms with Crippen LogP contribution in [0, 0.1) is 13.8 Å². The summed E-state index contributed by atoms with van der Waals surface area (Å²) in [6, 6.07) is 24.5. The van der Waals surface area contributed by atoms with Crippen LogP contribution in [0.1, 0.15) is 23.2 Å². The van der Waals surface area contributed by atoms with Gasteiger partial charge in [-0.1, -0.05) is 54.1 Å². The van der Waals surface area contributed by atoms with E-state index in [4.69, 9.17) is 0 Å². The summed E-state index contributed by atoms with van der Waals surface area (Å²) >= 11 is 0. The maximum Gasteiger partial charge on any atom is 0.225 e. The average molecular weight is 408 g/mol. The minimum Gasteiger partial charge on any atom is -0.311 e. The Morgan fingerprint density at radius 3 is 2.13 bits per heavy atom. The molecule has 0 spiro atoms. The third kappa shape index (κ3) is 5.43. The zero-order valence-corrected chi connectivity index (χ0v) is 17.8. The van der Waals surface area contributed by atoms with E-state index in [-0.39, 0.29) is 5.91 Å². The Balaban J connectivity index is 1.31. The second kappa shape index (κ2) is 9.35. The van der Waals surface area contributed by atoms with E-state index < -0.39 is 0 Å². The molecular weight excluding hydrogens is 382 g/mol. The molecule has 0 atom stereocenters. The van der Waals surface area contributed by atoms with Crippen molar-refractivity contribution >= 4 is 11.7 Å². The molecule has 2 aromatic carbocycles. The van der Waals surface area contributed by atoms with Crippen LogP contribution in [-0.4, -0.2) is 15.9 Å². The lowest BCUT2D eigenvalue weighted by molar-refractivity contribution is -0.116. The number of aryl methyl sites for hydroxylation is 3. The van der Waals surface area contributed by atoms with Gasteiger partial charge in [-0.3, -0.25) is 9.78 Å². The van der Waals surface area contributed by atoms with Gasteiger partial charge in [-0.05, 0) is 66.8 Å². The normalized spacial score (nSPS) is 10.6. The first-order valence-electron chi connectivity index (χ1n) is 10.4. The Bertz CT molecular complexity index is 1160. The van der Waals surface area contributed by atoms with Crippen molar-refractivity contribution in [2.24, 2.45) is 0 Å². The number of carbonyl (C=O) groups is 1. The highest BCUT2D eigenvalue weighted by Crippen LogP contribution is 2.21. The van der Waals surface area contributed by atoms with Crippen molar-refractivity contribution < 1.29 is 4.79 Å². The molecule has 2 heterocycles. The van der Waals surface area contributed by atoms with Crippen molar-refractivity contribution in [3.8, 4) is 22.3 Å². The summed E-state index contributed by atoms with van der Waals surface area (Å²) in [6.07, 6.45) is 4.71. The second-order valence-electron chi connectivity index (χ2n) is 7.73. The van der Waals surface area contributed by atoms with Crippen molar-refractivity contribution in [2.45, 2.75) is 26.7 Å². The lowest BCUT2D eigenvalue weighted by atomic mass is 10.0. The van der Waals surface area contributed by atoms with E-state index >= 15 is 0 Å². The molecular formula is C27H25N3O. The first kappa shape index (κ1) is 20.5. The maximum atomic E-state index is 12.3. The second-order valence-corrected chi connectivity index (χ2v) is 7.73. The number of hydrogen-bond donors (Lipinski definition) is 1. The molecule has 0 saturated carbocycles. The number of hydrogen-bond acceptors (Lipinski definition) is 3. The molecule has 0 saturated heterocycles. The highest BCUT2D eigenvalue weighted by Gasteiger charge is 2.06. The number of pyridine rings is 2. The molecule has 0 aliphatic carbocycles. The van der Waals surface area contributed by atoms with Gasteiger partial charge in [-0.2, -0.15) is 0 Å². The summed E-state index contributed by atoms with van der Waals surface area (Å²) in [7, 11) is 0. The zero-order chi connectivity index (χ0) is 21.6. The standard InChI is InChI=1S/C27H25N3O/c1-19-3-8-23(9-4-19)25-12-13-26(29-18-25)30-27(31)14-7-21-5-10-22(11-6-21)24-15-16-28-20(2)17-24/h3-6,8-13,15-18H,7,14H2,1-2H3,(H,29,30,31). The van der Waals surface area contributed by atoms with Crippen molar-refractivity contribution in [1.82, 2.24) is 9.97 Å². The molecule has 0 fully saturated rings. The minimum atomic E-state index is -0.0376. The van der Waals surface area contributed by atoms with E-state index in [1.165, 1.54) is 5.56 Å². The molecule has 0 bridgehead atoms. The number of nitrogens with one attached hydrogen (secondary N) is 1. The van der Waals surface area contributed by atoms with Crippen LogP contribution >= 0.6 is 0 Å². The van der Waals surface area contributed by atoms with Crippen LogP contribution in [0.2, 0.25) is 0 Å². The molecule has 0 aliphatic rings. The van der Waals surface area contributed by atoms with Crippen LogP contribution < -0.4 is 5.32 Å². The van der Waals surface area contributed by atoms with Gasteiger partial charge in [-0.25, -0.2) is 4.98 Å². The maximum absolute atomic E-state index is 12.3. The molecule has 0 aliphatic heterocycles. The first-order valence-corrected chi connectivity index (χ1v) is 10.4. The van der Waals surface area contributed by atoms with Gasteiger partial charge >= 0.3 is 0 Å². The summed E-state index contributed by atoms with van der Waals surface area (Å²) in [6.45, 7) is 4.05. The van der Waals surface area contributed by atoms with Gasteiger partial charge in [0, 0.05) is 30.1 Å². The Morgan fingerprint density at radius 1 is 0.774 bits per heavy atom. The van der Waals surface area contributed by atoms with Crippen LogP contribution in [0.3, 0.4) is 0 Å². The predicted octanol–water partition coefficient (Wildman–Crippen LogP) is 6.00. The van der Waals surface area contributed by atoms with E-state index in [0.717, 1.165) is 33.5 Å². The Labute approximate surface area is 183 Å². The zero-order valence-electron chi connectivity index (χ0n) is 17.8. The van der Waals surface area contributed by atoms with Crippen LogP contribution in [0.5, 0.6) is 0 Å². The number of amides is 1. The number of anilines is 1. The third-order valence-electron chi connectivity index (χ3n) is 5.24. The van der Waals surface area contributed by atoms with Crippen molar-refractivity contribution in [3.63, 3.8) is 0 Å². The van der Waals surface area contributed by atoms with Gasteiger partial charge in [0.2, 0.25) is 5.91 Å². The average Bonchev–Trinajstić information content (AvgIpc) is 2.79. The highest BCUT2D eigenvalue weighted by molar-refractivity contribution is 5.90. The largest absolute Gasteiger partial charge is 0.311 e. The molecule has 1 N–H and O–H groups in total. The Morgan fingerprint density at radius 2 is 1.45 bits per heavy atom.